The molecule has 2 nitrogen and oxygen atoms in total. The first kappa shape index (κ1) is 30.9. The molecule has 0 aliphatic carbocycles. The van der Waals surface area contributed by atoms with Gasteiger partial charge in [-0.25, -0.2) is 9.13 Å². The standard InChI is InChI=1S/2C27H26N/c2*1-19-15-20(2)26(16-24(19)22-11-7-5-8-12-22)27-17-25(21(3)18-28(27)4)23-13-9-6-10-14-23/h2*5-18H,1-4H3/q2*+1/i1D3,3D3;. The molecule has 2 heteroatoms. The second kappa shape index (κ2) is 16.6. The molecule has 8 aromatic rings. The summed E-state index contributed by atoms with van der Waals surface area (Å²) in [6.45, 7) is 3.93. The maximum absolute atomic E-state index is 8.09. The van der Waals surface area contributed by atoms with E-state index in [4.69, 9.17) is 8.22 Å². The summed E-state index contributed by atoms with van der Waals surface area (Å²) in [6, 6.07) is 52.7. The molecule has 6 aromatic carbocycles. The summed E-state index contributed by atoms with van der Waals surface area (Å²) in [5.74, 6) is 0. The van der Waals surface area contributed by atoms with Gasteiger partial charge in [-0.1, -0.05) is 133 Å². The molecule has 0 saturated carbocycles. The molecule has 0 amide bonds. The number of aromatic nitrogens is 2. The van der Waals surface area contributed by atoms with Crippen LogP contribution >= 0.6 is 0 Å². The third kappa shape index (κ3) is 8.02. The van der Waals surface area contributed by atoms with Gasteiger partial charge in [0.2, 0.25) is 11.4 Å². The first-order chi connectivity index (χ1) is 29.5. The lowest BCUT2D eigenvalue weighted by Gasteiger charge is -2.13. The number of benzene rings is 6. The normalized spacial score (nSPS) is 12.9. The zero-order valence-electron chi connectivity index (χ0n) is 39.1. The van der Waals surface area contributed by atoms with Gasteiger partial charge in [0.1, 0.15) is 14.1 Å². The number of pyridine rings is 2. The smallest absolute Gasteiger partial charge is 0.201 e. The maximum Gasteiger partial charge on any atom is 0.213 e. The van der Waals surface area contributed by atoms with Crippen LogP contribution in [0.2, 0.25) is 0 Å². The molecule has 0 spiro atoms. The van der Waals surface area contributed by atoms with E-state index in [0.717, 1.165) is 27.9 Å². The van der Waals surface area contributed by atoms with Crippen molar-refractivity contribution < 1.29 is 17.4 Å². The molecule has 2 aromatic heterocycles. The van der Waals surface area contributed by atoms with Crippen LogP contribution in [0.4, 0.5) is 0 Å². The Hall–Kier alpha value is -6.38. The summed E-state index contributed by atoms with van der Waals surface area (Å²) in [4.78, 5) is 0. The van der Waals surface area contributed by atoms with Crippen LogP contribution in [0.5, 0.6) is 0 Å². The molecule has 56 heavy (non-hydrogen) atoms. The molecule has 0 saturated heterocycles. The number of nitrogens with zero attached hydrogens (tertiary/aromatic N) is 2. The molecule has 8 rings (SSSR count). The zero-order valence-corrected chi connectivity index (χ0v) is 33.1. The third-order valence-electron chi connectivity index (χ3n) is 10.6. The minimum Gasteiger partial charge on any atom is -0.201 e. The van der Waals surface area contributed by atoms with E-state index in [9.17, 15) is 0 Å². The lowest BCUT2D eigenvalue weighted by Crippen LogP contribution is -2.31. The average molecular weight is 735 g/mol. The highest BCUT2D eigenvalue weighted by atomic mass is 14.9. The van der Waals surface area contributed by atoms with Crippen molar-refractivity contribution in [3.63, 3.8) is 0 Å². The Labute approximate surface area is 342 Å². The van der Waals surface area contributed by atoms with Gasteiger partial charge in [-0.3, -0.25) is 0 Å². The van der Waals surface area contributed by atoms with E-state index in [1.54, 1.807) is 16.8 Å². The van der Waals surface area contributed by atoms with E-state index in [1.165, 1.54) is 50.2 Å². The molecule has 0 radical (unpaired) electrons. The second-order valence-corrected chi connectivity index (χ2v) is 14.6. The Kier molecular flexibility index (Phi) is 9.13. The van der Waals surface area contributed by atoms with Crippen LogP contribution in [0.25, 0.3) is 67.0 Å². The van der Waals surface area contributed by atoms with Crippen molar-refractivity contribution >= 4 is 0 Å². The first-order valence-electron chi connectivity index (χ1n) is 22.0. The summed E-state index contributed by atoms with van der Waals surface area (Å²) >= 11 is 0. The van der Waals surface area contributed by atoms with E-state index in [1.807, 2.05) is 86.8 Å². The number of aryl methyl sites for hydroxylation is 8. The second-order valence-electron chi connectivity index (χ2n) is 14.6. The predicted octanol–water partition coefficient (Wildman–Crippen LogP) is 12.9. The van der Waals surface area contributed by atoms with Crippen LogP contribution in [-0.2, 0) is 14.1 Å². The molecule has 0 aliphatic rings. The number of hydrogen-bond donors (Lipinski definition) is 0. The van der Waals surface area contributed by atoms with Gasteiger partial charge < -0.3 is 0 Å². The highest BCUT2D eigenvalue weighted by Gasteiger charge is 2.20. The fourth-order valence-corrected chi connectivity index (χ4v) is 7.65. The van der Waals surface area contributed by atoms with Crippen LogP contribution in [0, 0.1) is 41.4 Å². The van der Waals surface area contributed by atoms with Gasteiger partial charge in [0, 0.05) is 42.6 Å². The molecule has 0 bridgehead atoms. The first-order valence-corrected chi connectivity index (χ1v) is 19.0. The molecule has 0 atom stereocenters. The highest BCUT2D eigenvalue weighted by molar-refractivity contribution is 5.80. The van der Waals surface area contributed by atoms with Crippen molar-refractivity contribution in [2.45, 2.75) is 41.4 Å². The Morgan fingerprint density at radius 1 is 0.321 bits per heavy atom. The van der Waals surface area contributed by atoms with Gasteiger partial charge in [0.05, 0.1) is 0 Å². The van der Waals surface area contributed by atoms with Crippen molar-refractivity contribution in [2.75, 3.05) is 0 Å². The Morgan fingerprint density at radius 2 is 0.625 bits per heavy atom. The maximum atomic E-state index is 8.09. The van der Waals surface area contributed by atoms with Crippen LogP contribution in [-0.4, -0.2) is 0 Å². The number of hydrogen-bond acceptors (Lipinski definition) is 0. The summed E-state index contributed by atoms with van der Waals surface area (Å²) in [7, 11) is 3.96. The Balaban J connectivity index is 0.000000190. The molecule has 0 unspecified atom stereocenters. The average Bonchev–Trinajstić information content (AvgIpc) is 3.25. The third-order valence-corrected chi connectivity index (χ3v) is 10.6. The van der Waals surface area contributed by atoms with E-state index in [0.29, 0.717) is 16.7 Å². The Bertz CT molecular complexity index is 2650. The van der Waals surface area contributed by atoms with Gasteiger partial charge in [0.15, 0.2) is 12.4 Å². The molecular formula is C54H52N2+2. The summed E-state index contributed by atoms with van der Waals surface area (Å²) in [5, 5.41) is 0. The van der Waals surface area contributed by atoms with Gasteiger partial charge in [-0.05, 0) is 120 Å². The SMILES string of the molecule is Cc1cc(C)c(-c2cc(-c3ccccc3)c(C)c[n+]2C)cc1-c1ccccc1.[2H]C([2H])([2H])c1cc(C)c(-c2cc(-c3ccccc3)c(C([2H])([2H])[2H])c[n+]2C)cc1-c1ccccc1. The quantitative estimate of drug-likeness (QED) is 0.150. The van der Waals surface area contributed by atoms with Gasteiger partial charge >= 0.3 is 0 Å². The monoisotopic (exact) mass is 734 g/mol. The summed E-state index contributed by atoms with van der Waals surface area (Å²) in [6.07, 6.45) is 3.89. The lowest BCUT2D eigenvalue weighted by atomic mass is 9.92. The van der Waals surface area contributed by atoms with Crippen LogP contribution < -0.4 is 9.13 Å². The van der Waals surface area contributed by atoms with E-state index < -0.39 is 13.7 Å². The molecule has 0 fully saturated rings. The number of rotatable bonds is 6. The molecule has 0 aliphatic heterocycles. The lowest BCUT2D eigenvalue weighted by molar-refractivity contribution is -0.660. The highest BCUT2D eigenvalue weighted by Crippen LogP contribution is 2.35. The van der Waals surface area contributed by atoms with E-state index in [-0.39, 0.29) is 5.56 Å². The topological polar surface area (TPSA) is 7.76 Å². The van der Waals surface area contributed by atoms with E-state index >= 15 is 0 Å². The minimum atomic E-state index is -2.28. The zero-order chi connectivity index (χ0) is 44.3. The van der Waals surface area contributed by atoms with Gasteiger partial charge in [0.25, 0.3) is 0 Å². The van der Waals surface area contributed by atoms with E-state index in [2.05, 4.69) is 117 Å². The molecule has 2 heterocycles. The van der Waals surface area contributed by atoms with Crippen molar-refractivity contribution in [3.8, 4) is 67.0 Å². The molecular weight excluding hydrogens is 677 g/mol. The molecule has 0 N–H and O–H groups in total. The van der Waals surface area contributed by atoms with Crippen LogP contribution in [0.1, 0.15) is 41.6 Å². The predicted molar refractivity (Wildman–Crippen MR) is 236 cm³/mol. The van der Waals surface area contributed by atoms with Gasteiger partial charge in [-0.2, -0.15) is 0 Å². The van der Waals surface area contributed by atoms with Crippen molar-refractivity contribution in [1.29, 1.82) is 0 Å². The largest absolute Gasteiger partial charge is 0.213 e. The van der Waals surface area contributed by atoms with Crippen LogP contribution in [0.15, 0.2) is 170 Å². The van der Waals surface area contributed by atoms with Gasteiger partial charge in [-0.15, -0.1) is 0 Å². The minimum absolute atomic E-state index is 0.269. The Morgan fingerprint density at radius 3 is 1.02 bits per heavy atom. The van der Waals surface area contributed by atoms with Crippen LogP contribution in [0.3, 0.4) is 0 Å². The fraction of sp³-hybridized carbons (Fsp3) is 0.148. The fourth-order valence-electron chi connectivity index (χ4n) is 7.65. The van der Waals surface area contributed by atoms with Crippen molar-refractivity contribution in [3.05, 3.63) is 203 Å². The summed E-state index contributed by atoms with van der Waals surface area (Å²) < 4.78 is 52.5. The van der Waals surface area contributed by atoms with Crippen molar-refractivity contribution in [2.24, 2.45) is 14.1 Å². The molecule has 276 valence electrons. The summed E-state index contributed by atoms with van der Waals surface area (Å²) in [5.41, 5.74) is 17.5. The van der Waals surface area contributed by atoms with Crippen molar-refractivity contribution in [1.82, 2.24) is 0 Å².